The molecular formula is C17H14Cl2N2O4. The number of amides is 2. The molecule has 0 bridgehead atoms. The lowest BCUT2D eigenvalue weighted by Gasteiger charge is -2.37. The zero-order chi connectivity index (χ0) is 18.4. The van der Waals surface area contributed by atoms with Gasteiger partial charge >= 0.3 is 12.0 Å². The normalized spacial score (nSPS) is 20.5. The van der Waals surface area contributed by atoms with Crippen molar-refractivity contribution in [3.63, 3.8) is 0 Å². The average molecular weight is 381 g/mol. The number of benzene rings is 2. The molecule has 3 rings (SSSR count). The lowest BCUT2D eigenvalue weighted by atomic mass is 10.2. The number of nitrogens with zero attached hydrogens (tertiary/aromatic N) is 2. The van der Waals surface area contributed by atoms with Crippen LogP contribution in [0.3, 0.4) is 0 Å². The van der Waals surface area contributed by atoms with E-state index >= 15 is 0 Å². The van der Waals surface area contributed by atoms with E-state index in [9.17, 15) is 19.9 Å². The maximum atomic E-state index is 13.2. The van der Waals surface area contributed by atoms with Crippen molar-refractivity contribution in [2.75, 3.05) is 4.90 Å². The molecule has 2 aromatic rings. The molecule has 0 aromatic heterocycles. The van der Waals surface area contributed by atoms with Crippen LogP contribution in [0.2, 0.25) is 10.0 Å². The minimum absolute atomic E-state index is 0.0846. The lowest BCUT2D eigenvalue weighted by molar-refractivity contribution is -0.140. The van der Waals surface area contributed by atoms with Crippen molar-refractivity contribution in [2.45, 2.75) is 19.5 Å². The van der Waals surface area contributed by atoms with Gasteiger partial charge in [-0.15, -0.1) is 0 Å². The fourth-order valence-electron chi connectivity index (χ4n) is 2.86. The molecule has 2 amide bonds. The van der Waals surface area contributed by atoms with Gasteiger partial charge < -0.3 is 10.3 Å². The van der Waals surface area contributed by atoms with Gasteiger partial charge in [0, 0.05) is 13.0 Å². The van der Waals surface area contributed by atoms with Gasteiger partial charge in [0.25, 0.3) is 0 Å². The fourth-order valence-corrected chi connectivity index (χ4v) is 3.18. The Kier molecular flexibility index (Phi) is 4.47. The highest BCUT2D eigenvalue weighted by Gasteiger charge is 2.51. The van der Waals surface area contributed by atoms with Crippen LogP contribution >= 0.6 is 23.2 Å². The van der Waals surface area contributed by atoms with Crippen molar-refractivity contribution in [1.82, 2.24) is 4.65 Å². The Morgan fingerprint density at radius 2 is 1.92 bits per heavy atom. The molecule has 1 heterocycles. The summed E-state index contributed by atoms with van der Waals surface area (Å²) in [4.78, 5) is 25.5. The summed E-state index contributed by atoms with van der Waals surface area (Å²) in [5, 5.41) is 23.2. The highest BCUT2D eigenvalue weighted by molar-refractivity contribution is 6.42. The van der Waals surface area contributed by atoms with E-state index in [0.717, 1.165) is 0 Å². The van der Waals surface area contributed by atoms with E-state index in [1.165, 1.54) is 17.9 Å². The molecule has 0 saturated carbocycles. The SMILES string of the molecule is CC(C(=O)O)[N+]1([O-])C(=O)N(Cc2ccc(Cl)c(Cl)c2)c2ccccc21. The molecule has 25 heavy (non-hydrogen) atoms. The number of carbonyl (C=O) groups excluding carboxylic acids is 1. The second-order valence-electron chi connectivity index (χ2n) is 5.78. The van der Waals surface area contributed by atoms with Crippen LogP contribution < -0.4 is 9.55 Å². The molecule has 2 atom stereocenters. The van der Waals surface area contributed by atoms with Gasteiger partial charge in [0.2, 0.25) is 0 Å². The Morgan fingerprint density at radius 1 is 1.24 bits per heavy atom. The van der Waals surface area contributed by atoms with Crippen molar-refractivity contribution in [3.05, 3.63) is 63.3 Å². The number of aliphatic carboxylic acids is 1. The monoisotopic (exact) mass is 380 g/mol. The number of urea groups is 1. The molecule has 1 aliphatic rings. The van der Waals surface area contributed by atoms with Crippen LogP contribution in [0.15, 0.2) is 42.5 Å². The lowest BCUT2D eigenvalue weighted by Crippen LogP contribution is -2.58. The van der Waals surface area contributed by atoms with Gasteiger partial charge in [-0.2, -0.15) is 0 Å². The summed E-state index contributed by atoms with van der Waals surface area (Å²) in [7, 11) is 0. The predicted molar refractivity (Wildman–Crippen MR) is 96.7 cm³/mol. The minimum atomic E-state index is -1.56. The van der Waals surface area contributed by atoms with Gasteiger partial charge in [-0.25, -0.2) is 14.2 Å². The highest BCUT2D eigenvalue weighted by atomic mass is 35.5. The van der Waals surface area contributed by atoms with Gasteiger partial charge in [-0.1, -0.05) is 41.4 Å². The number of carboxylic acid groups (broad SMARTS) is 1. The summed E-state index contributed by atoms with van der Waals surface area (Å²) in [6.07, 6.45) is 0. The van der Waals surface area contributed by atoms with Crippen LogP contribution in [0.4, 0.5) is 16.2 Å². The van der Waals surface area contributed by atoms with Crippen LogP contribution in [-0.2, 0) is 11.3 Å². The van der Waals surface area contributed by atoms with Crippen molar-refractivity contribution >= 4 is 46.6 Å². The van der Waals surface area contributed by atoms with Crippen LogP contribution in [0, 0.1) is 5.21 Å². The van der Waals surface area contributed by atoms with Gasteiger partial charge in [0.1, 0.15) is 5.69 Å². The summed E-state index contributed by atoms with van der Waals surface area (Å²) < 4.78 is -1.56. The molecule has 2 unspecified atom stereocenters. The Bertz CT molecular complexity index is 873. The zero-order valence-electron chi connectivity index (χ0n) is 13.1. The number of hydrogen-bond acceptors (Lipinski definition) is 3. The van der Waals surface area contributed by atoms with Crippen LogP contribution in [0.1, 0.15) is 12.5 Å². The number of carboxylic acids is 1. The first kappa shape index (κ1) is 17.7. The van der Waals surface area contributed by atoms with Crippen molar-refractivity contribution in [1.29, 1.82) is 0 Å². The quantitative estimate of drug-likeness (QED) is 0.628. The number of hydroxylamine groups is 2. The Morgan fingerprint density at radius 3 is 2.56 bits per heavy atom. The third-order valence-corrected chi connectivity index (χ3v) is 5.01. The number of hydrogen-bond donors (Lipinski definition) is 1. The summed E-state index contributed by atoms with van der Waals surface area (Å²) in [5.41, 5.74) is 1.18. The van der Waals surface area contributed by atoms with E-state index < -0.39 is 22.7 Å². The zero-order valence-corrected chi connectivity index (χ0v) is 14.7. The molecule has 0 aliphatic carbocycles. The van der Waals surface area contributed by atoms with E-state index in [4.69, 9.17) is 23.2 Å². The van der Waals surface area contributed by atoms with Crippen molar-refractivity contribution in [2.24, 2.45) is 0 Å². The van der Waals surface area contributed by atoms with Crippen LogP contribution in [-0.4, -0.2) is 23.1 Å². The summed E-state index contributed by atoms with van der Waals surface area (Å²) in [5.74, 6) is -1.34. The number of rotatable bonds is 4. The molecule has 1 N–H and O–H groups in total. The summed E-state index contributed by atoms with van der Waals surface area (Å²) in [6.45, 7) is 1.31. The topological polar surface area (TPSA) is 80.7 Å². The Balaban J connectivity index is 2.05. The van der Waals surface area contributed by atoms with E-state index in [1.807, 2.05) is 0 Å². The Labute approximate surface area is 154 Å². The molecule has 8 heteroatoms. The van der Waals surface area contributed by atoms with Crippen molar-refractivity contribution < 1.29 is 14.7 Å². The predicted octanol–water partition coefficient (Wildman–Crippen LogP) is 4.41. The van der Waals surface area contributed by atoms with E-state index in [0.29, 0.717) is 21.3 Å². The molecule has 130 valence electrons. The largest absolute Gasteiger partial charge is 0.618 e. The number of halogens is 2. The molecule has 1 aliphatic heterocycles. The molecule has 6 nitrogen and oxygen atoms in total. The molecule has 0 radical (unpaired) electrons. The number of carbonyl (C=O) groups is 2. The number of quaternary nitrogens is 1. The summed E-state index contributed by atoms with van der Waals surface area (Å²) in [6, 6.07) is 9.00. The molecular weight excluding hydrogens is 367 g/mol. The first-order valence-corrected chi connectivity index (χ1v) is 8.20. The second kappa shape index (κ2) is 6.31. The van der Waals surface area contributed by atoms with Crippen molar-refractivity contribution in [3.8, 4) is 0 Å². The highest BCUT2D eigenvalue weighted by Crippen LogP contribution is 2.44. The molecule has 0 fully saturated rings. The van der Waals surface area contributed by atoms with E-state index in [2.05, 4.69) is 0 Å². The van der Waals surface area contributed by atoms with E-state index in [-0.39, 0.29) is 12.2 Å². The van der Waals surface area contributed by atoms with Gasteiger partial charge in [-0.05, 0) is 23.8 Å². The molecule has 0 spiro atoms. The van der Waals surface area contributed by atoms with Gasteiger partial charge in [0.15, 0.2) is 11.7 Å². The second-order valence-corrected chi connectivity index (χ2v) is 6.59. The molecule has 0 saturated heterocycles. The first-order chi connectivity index (χ1) is 11.8. The summed E-state index contributed by atoms with van der Waals surface area (Å²) >= 11 is 11.9. The average Bonchev–Trinajstić information content (AvgIpc) is 2.80. The number of anilines is 1. The van der Waals surface area contributed by atoms with Gasteiger partial charge in [-0.3, -0.25) is 4.90 Å². The third kappa shape index (κ3) is 2.77. The van der Waals surface area contributed by atoms with Crippen LogP contribution in [0.25, 0.3) is 0 Å². The number of fused-ring (bicyclic) bond motifs is 1. The first-order valence-electron chi connectivity index (χ1n) is 7.45. The van der Waals surface area contributed by atoms with Gasteiger partial charge in [0.05, 0.1) is 16.6 Å². The maximum absolute atomic E-state index is 13.2. The maximum Gasteiger partial charge on any atom is 0.429 e. The third-order valence-electron chi connectivity index (χ3n) is 4.27. The standard InChI is InChI=1S/C17H14Cl2N2O4/c1-10(16(22)23)21(25)15-5-3-2-4-14(15)20(17(21)24)9-11-6-7-12(18)13(19)8-11/h2-8,10H,9H2,1H3,(H,22,23). The Hall–Kier alpha value is -2.12. The smallest absolute Gasteiger partial charge is 0.429 e. The minimum Gasteiger partial charge on any atom is -0.618 e. The van der Waals surface area contributed by atoms with Crippen LogP contribution in [0.5, 0.6) is 0 Å². The fraction of sp³-hybridized carbons (Fsp3) is 0.176. The number of para-hydroxylation sites is 2. The van der Waals surface area contributed by atoms with E-state index in [1.54, 1.807) is 36.4 Å². The molecule has 2 aromatic carbocycles.